The quantitative estimate of drug-likeness (QED) is 0.894. The van der Waals surface area contributed by atoms with Crippen molar-refractivity contribution in [2.45, 2.75) is 26.2 Å². The van der Waals surface area contributed by atoms with Gasteiger partial charge in [-0.1, -0.05) is 0 Å². The summed E-state index contributed by atoms with van der Waals surface area (Å²) in [5.74, 6) is -0.564. The Kier molecular flexibility index (Phi) is 2.93. The highest BCUT2D eigenvalue weighted by molar-refractivity contribution is 5.94. The molecular weight excluding hydrogens is 256 g/mol. The van der Waals surface area contributed by atoms with Crippen LogP contribution in [0.15, 0.2) is 12.3 Å². The molecule has 1 aliphatic carbocycles. The maximum Gasteiger partial charge on any atom is 0.339 e. The summed E-state index contributed by atoms with van der Waals surface area (Å²) in [6, 6.07) is 1.74. The summed E-state index contributed by atoms with van der Waals surface area (Å²) in [6.07, 6.45) is 4.68. The Balaban J connectivity index is 2.04. The minimum atomic E-state index is -0.962. The standard InChI is InChI=1S/C14H16N4O2/c1-8-12(7-18(2)17-8)16-13-10(14(19)20)6-9-4-3-5-11(9)15-13/h6-7H,3-5H2,1-2H3,(H,15,16)(H,19,20). The molecule has 0 saturated carbocycles. The van der Waals surface area contributed by atoms with E-state index in [4.69, 9.17) is 0 Å². The van der Waals surface area contributed by atoms with Gasteiger partial charge in [0.05, 0.1) is 11.4 Å². The zero-order valence-corrected chi connectivity index (χ0v) is 11.5. The summed E-state index contributed by atoms with van der Waals surface area (Å²) in [6.45, 7) is 1.87. The van der Waals surface area contributed by atoms with Crippen LogP contribution in [0.5, 0.6) is 0 Å². The highest BCUT2D eigenvalue weighted by Gasteiger charge is 2.20. The zero-order chi connectivity index (χ0) is 14.3. The van der Waals surface area contributed by atoms with Gasteiger partial charge in [0.15, 0.2) is 0 Å². The second-order valence-corrected chi connectivity index (χ2v) is 5.08. The molecule has 6 nitrogen and oxygen atoms in total. The Hall–Kier alpha value is -2.37. The largest absolute Gasteiger partial charge is 0.478 e. The van der Waals surface area contributed by atoms with E-state index in [1.165, 1.54) is 0 Å². The number of hydrogen-bond acceptors (Lipinski definition) is 4. The third kappa shape index (κ3) is 2.13. The van der Waals surface area contributed by atoms with Crippen LogP contribution < -0.4 is 5.32 Å². The number of nitrogens with one attached hydrogen (secondary N) is 1. The molecule has 2 aromatic heterocycles. The van der Waals surface area contributed by atoms with Gasteiger partial charge in [-0.05, 0) is 37.8 Å². The van der Waals surface area contributed by atoms with Crippen LogP contribution in [0.3, 0.4) is 0 Å². The van der Waals surface area contributed by atoms with Crippen LogP contribution in [0.1, 0.15) is 33.7 Å². The summed E-state index contributed by atoms with van der Waals surface area (Å²) < 4.78 is 1.69. The lowest BCUT2D eigenvalue weighted by molar-refractivity contribution is 0.0697. The molecule has 0 fully saturated rings. The van der Waals surface area contributed by atoms with Crippen molar-refractivity contribution in [1.29, 1.82) is 0 Å². The van der Waals surface area contributed by atoms with E-state index < -0.39 is 5.97 Å². The van der Waals surface area contributed by atoms with Gasteiger partial charge in [-0.3, -0.25) is 4.68 Å². The minimum Gasteiger partial charge on any atom is -0.478 e. The summed E-state index contributed by atoms with van der Waals surface area (Å²) >= 11 is 0. The predicted molar refractivity (Wildman–Crippen MR) is 74.4 cm³/mol. The molecule has 0 aliphatic heterocycles. The second kappa shape index (κ2) is 4.63. The number of carboxylic acid groups (broad SMARTS) is 1. The van der Waals surface area contributed by atoms with Gasteiger partial charge in [0.25, 0.3) is 0 Å². The Morgan fingerprint density at radius 3 is 2.90 bits per heavy atom. The molecule has 104 valence electrons. The van der Waals surface area contributed by atoms with Crippen LogP contribution in [0.2, 0.25) is 0 Å². The lowest BCUT2D eigenvalue weighted by Gasteiger charge is -2.10. The first-order valence-electron chi connectivity index (χ1n) is 6.58. The van der Waals surface area contributed by atoms with E-state index in [9.17, 15) is 9.90 Å². The molecule has 0 radical (unpaired) electrons. The first-order valence-corrected chi connectivity index (χ1v) is 6.58. The van der Waals surface area contributed by atoms with Gasteiger partial charge in [-0.2, -0.15) is 5.10 Å². The first-order chi connectivity index (χ1) is 9.54. The van der Waals surface area contributed by atoms with Gasteiger partial charge >= 0.3 is 5.97 Å². The minimum absolute atomic E-state index is 0.217. The molecule has 1 aliphatic rings. The smallest absolute Gasteiger partial charge is 0.339 e. The van der Waals surface area contributed by atoms with E-state index in [0.717, 1.165) is 41.9 Å². The van der Waals surface area contributed by atoms with E-state index in [-0.39, 0.29) is 5.56 Å². The maximum atomic E-state index is 11.4. The number of carboxylic acids is 1. The molecule has 2 N–H and O–H groups in total. The van der Waals surface area contributed by atoms with Gasteiger partial charge in [-0.25, -0.2) is 9.78 Å². The molecule has 2 heterocycles. The van der Waals surface area contributed by atoms with Crippen molar-refractivity contribution in [2.75, 3.05) is 5.32 Å². The van der Waals surface area contributed by atoms with Gasteiger partial charge < -0.3 is 10.4 Å². The molecule has 2 aromatic rings. The lowest BCUT2D eigenvalue weighted by atomic mass is 10.1. The molecule has 0 spiro atoms. The number of fused-ring (bicyclic) bond motifs is 1. The van der Waals surface area contributed by atoms with Crippen LogP contribution in [-0.4, -0.2) is 25.8 Å². The average Bonchev–Trinajstić information content (AvgIpc) is 2.94. The third-order valence-electron chi connectivity index (χ3n) is 3.55. The number of aryl methyl sites for hydroxylation is 4. The fourth-order valence-corrected chi connectivity index (χ4v) is 2.58. The topological polar surface area (TPSA) is 80.0 Å². The number of anilines is 2. The van der Waals surface area contributed by atoms with E-state index in [2.05, 4.69) is 15.4 Å². The molecule has 0 bridgehead atoms. The van der Waals surface area contributed by atoms with Gasteiger partial charge in [-0.15, -0.1) is 0 Å². The lowest BCUT2D eigenvalue weighted by Crippen LogP contribution is -2.07. The molecule has 0 amide bonds. The van der Waals surface area contributed by atoms with Crippen LogP contribution in [0.25, 0.3) is 0 Å². The van der Waals surface area contributed by atoms with Crippen molar-refractivity contribution in [3.63, 3.8) is 0 Å². The zero-order valence-electron chi connectivity index (χ0n) is 11.5. The molecule has 0 unspecified atom stereocenters. The van der Waals surface area contributed by atoms with Crippen molar-refractivity contribution >= 4 is 17.5 Å². The van der Waals surface area contributed by atoms with Crippen LogP contribution in [-0.2, 0) is 19.9 Å². The number of rotatable bonds is 3. The van der Waals surface area contributed by atoms with E-state index in [0.29, 0.717) is 5.82 Å². The van der Waals surface area contributed by atoms with Gasteiger partial charge in [0.1, 0.15) is 11.4 Å². The van der Waals surface area contributed by atoms with Gasteiger partial charge in [0.2, 0.25) is 0 Å². The monoisotopic (exact) mass is 272 g/mol. The number of aromatic nitrogens is 3. The van der Waals surface area contributed by atoms with Crippen LogP contribution in [0, 0.1) is 6.92 Å². The normalized spacial score (nSPS) is 13.3. The van der Waals surface area contributed by atoms with Crippen molar-refractivity contribution in [3.8, 4) is 0 Å². The molecule has 0 saturated heterocycles. The summed E-state index contributed by atoms with van der Waals surface area (Å²) in [4.78, 5) is 15.9. The van der Waals surface area contributed by atoms with Crippen LogP contribution >= 0.6 is 0 Å². The maximum absolute atomic E-state index is 11.4. The first kappa shape index (κ1) is 12.7. The average molecular weight is 272 g/mol. The van der Waals surface area contributed by atoms with Gasteiger partial charge in [0, 0.05) is 18.9 Å². The van der Waals surface area contributed by atoms with Crippen molar-refractivity contribution in [3.05, 3.63) is 34.8 Å². The van der Waals surface area contributed by atoms with Crippen LogP contribution in [0.4, 0.5) is 11.5 Å². The Labute approximate surface area is 116 Å². The van der Waals surface area contributed by atoms with Crippen molar-refractivity contribution in [2.24, 2.45) is 7.05 Å². The van der Waals surface area contributed by atoms with Crippen molar-refractivity contribution in [1.82, 2.24) is 14.8 Å². The Morgan fingerprint density at radius 2 is 2.25 bits per heavy atom. The molecule has 3 rings (SSSR count). The summed E-state index contributed by atoms with van der Waals surface area (Å²) in [5, 5.41) is 16.7. The Bertz CT molecular complexity index is 691. The number of carbonyl (C=O) groups is 1. The SMILES string of the molecule is Cc1nn(C)cc1Nc1nc2c(cc1C(=O)O)CCC2. The third-order valence-corrected chi connectivity index (χ3v) is 3.55. The summed E-state index contributed by atoms with van der Waals surface area (Å²) in [5.41, 5.74) is 3.86. The predicted octanol–water partition coefficient (Wildman–Crippen LogP) is 2.05. The molecule has 6 heteroatoms. The summed E-state index contributed by atoms with van der Waals surface area (Å²) in [7, 11) is 1.83. The fraction of sp³-hybridized carbons (Fsp3) is 0.357. The second-order valence-electron chi connectivity index (χ2n) is 5.08. The molecular formula is C14H16N4O2. The van der Waals surface area contributed by atoms with Crippen molar-refractivity contribution < 1.29 is 9.90 Å². The molecule has 0 atom stereocenters. The van der Waals surface area contributed by atoms with E-state index in [1.807, 2.05) is 20.2 Å². The highest BCUT2D eigenvalue weighted by Crippen LogP contribution is 2.28. The number of aromatic carboxylic acids is 1. The van der Waals surface area contributed by atoms with E-state index >= 15 is 0 Å². The number of nitrogens with zero attached hydrogens (tertiary/aromatic N) is 3. The highest BCUT2D eigenvalue weighted by atomic mass is 16.4. The van der Waals surface area contributed by atoms with E-state index in [1.54, 1.807) is 10.7 Å². The Morgan fingerprint density at radius 1 is 1.45 bits per heavy atom. The molecule has 0 aromatic carbocycles. The number of hydrogen-bond donors (Lipinski definition) is 2. The fourth-order valence-electron chi connectivity index (χ4n) is 2.58. The molecule has 20 heavy (non-hydrogen) atoms. The number of pyridine rings is 1.